The second-order valence-corrected chi connectivity index (χ2v) is 7.38. The second kappa shape index (κ2) is 7.63. The van der Waals surface area contributed by atoms with E-state index in [4.69, 9.17) is 5.73 Å². The van der Waals surface area contributed by atoms with Gasteiger partial charge in [-0.2, -0.15) is 0 Å². The lowest BCUT2D eigenvalue weighted by Crippen LogP contribution is -2.42. The average Bonchev–Trinajstić information content (AvgIpc) is 2.95. The van der Waals surface area contributed by atoms with Gasteiger partial charge in [-0.1, -0.05) is 31.7 Å². The van der Waals surface area contributed by atoms with Crippen LogP contribution in [0.1, 0.15) is 13.8 Å². The summed E-state index contributed by atoms with van der Waals surface area (Å²) in [6, 6.07) is 0.819. The fraction of sp³-hybridized carbons (Fsp3) is 0.333. The molecule has 0 spiro atoms. The molecule has 9 heteroatoms. The monoisotopic (exact) mass is 366 g/mol. The van der Waals surface area contributed by atoms with Crippen LogP contribution < -0.4 is 16.6 Å². The molecule has 0 unspecified atom stereocenters. The number of hydrogen-bond donors (Lipinski definition) is 2. The number of aromatic nitrogens is 2. The fourth-order valence-electron chi connectivity index (χ4n) is 2.11. The minimum Gasteiger partial charge on any atom is -0.351 e. The summed E-state index contributed by atoms with van der Waals surface area (Å²) in [5.41, 5.74) is 4.85. The molecule has 0 aliphatic carbocycles. The predicted molar refractivity (Wildman–Crippen MR) is 96.3 cm³/mol. The Bertz CT molecular complexity index is 841. The predicted octanol–water partition coefficient (Wildman–Crippen LogP) is 1.96. The highest BCUT2D eigenvalue weighted by Gasteiger charge is 2.27. The number of fused-ring (bicyclic) bond motifs is 1. The van der Waals surface area contributed by atoms with E-state index < -0.39 is 17.2 Å². The van der Waals surface area contributed by atoms with Gasteiger partial charge in [-0.3, -0.25) is 19.5 Å². The van der Waals surface area contributed by atoms with E-state index in [1.54, 1.807) is 17.5 Å². The maximum atomic E-state index is 12.6. The number of rotatable bonds is 6. The largest absolute Gasteiger partial charge is 0.351 e. The maximum Gasteiger partial charge on any atom is 0.318 e. The fourth-order valence-corrected chi connectivity index (χ4v) is 4.01. The van der Waals surface area contributed by atoms with Gasteiger partial charge in [-0.25, -0.2) is 9.78 Å². The summed E-state index contributed by atoms with van der Waals surface area (Å²) in [6.07, 6.45) is 1.60. The van der Waals surface area contributed by atoms with Gasteiger partial charge >= 0.3 is 6.03 Å². The number of nitrogens with one attached hydrogen (secondary N) is 1. The van der Waals surface area contributed by atoms with E-state index >= 15 is 0 Å². The Morgan fingerprint density at radius 1 is 1.54 bits per heavy atom. The zero-order valence-corrected chi connectivity index (χ0v) is 14.9. The average molecular weight is 366 g/mol. The Kier molecular flexibility index (Phi) is 5.79. The van der Waals surface area contributed by atoms with Crippen LogP contribution in [0.25, 0.3) is 10.2 Å². The molecule has 0 fully saturated rings. The zero-order valence-electron chi connectivity index (χ0n) is 13.3. The summed E-state index contributed by atoms with van der Waals surface area (Å²) in [5.74, 6) is -0.601. The lowest BCUT2D eigenvalue weighted by molar-refractivity contribution is -0.120. The molecule has 2 aromatic heterocycles. The van der Waals surface area contributed by atoms with Crippen molar-refractivity contribution >= 4 is 45.3 Å². The quantitative estimate of drug-likeness (QED) is 0.462. The summed E-state index contributed by atoms with van der Waals surface area (Å²) in [6.45, 7) is 7.63. The summed E-state index contributed by atoms with van der Waals surface area (Å²) in [7, 11) is 0. The summed E-state index contributed by atoms with van der Waals surface area (Å²) >= 11 is 2.50. The van der Waals surface area contributed by atoms with Crippen LogP contribution >= 0.6 is 23.1 Å². The number of thioether (sulfide) groups is 1. The first kappa shape index (κ1) is 18.2. The Labute approximate surface area is 146 Å². The molecule has 2 rings (SSSR count). The number of urea groups is 1. The molecule has 3 N–H and O–H groups in total. The Balaban J connectivity index is 2.47. The number of primary amides is 1. The molecule has 3 amide bonds. The minimum atomic E-state index is -0.906. The van der Waals surface area contributed by atoms with Crippen LogP contribution in [0.15, 0.2) is 34.1 Å². The van der Waals surface area contributed by atoms with Crippen LogP contribution in [0.2, 0.25) is 0 Å². The van der Waals surface area contributed by atoms with Gasteiger partial charge in [-0.15, -0.1) is 17.9 Å². The van der Waals surface area contributed by atoms with Crippen molar-refractivity contribution in [2.24, 2.45) is 11.7 Å². The van der Waals surface area contributed by atoms with E-state index in [0.717, 1.165) is 11.8 Å². The Morgan fingerprint density at radius 3 is 2.83 bits per heavy atom. The minimum absolute atomic E-state index is 0.0949. The number of nitrogens with zero attached hydrogens (tertiary/aromatic N) is 2. The molecular formula is C15H18N4O3S2. The van der Waals surface area contributed by atoms with Gasteiger partial charge in [0.05, 0.1) is 10.6 Å². The molecule has 2 aromatic rings. The summed E-state index contributed by atoms with van der Waals surface area (Å²) in [5, 5.41) is 4.22. The van der Waals surface area contributed by atoms with Gasteiger partial charge in [0.1, 0.15) is 4.83 Å². The van der Waals surface area contributed by atoms with E-state index in [-0.39, 0.29) is 18.0 Å². The smallest absolute Gasteiger partial charge is 0.318 e. The number of carbonyl (C=O) groups excluding carboxylic acids is 2. The van der Waals surface area contributed by atoms with Crippen LogP contribution in [0.3, 0.4) is 0 Å². The van der Waals surface area contributed by atoms with Gasteiger partial charge in [-0.05, 0) is 17.4 Å². The number of nitrogens with two attached hydrogens (primary N) is 1. The zero-order chi connectivity index (χ0) is 17.9. The molecule has 128 valence electrons. The van der Waals surface area contributed by atoms with Crippen molar-refractivity contribution in [3.63, 3.8) is 0 Å². The lowest BCUT2D eigenvalue weighted by atomic mass is 10.1. The van der Waals surface area contributed by atoms with Crippen molar-refractivity contribution < 1.29 is 9.59 Å². The third-order valence-electron chi connectivity index (χ3n) is 3.20. The molecule has 0 radical (unpaired) electrons. The van der Waals surface area contributed by atoms with Crippen LogP contribution in [0, 0.1) is 5.92 Å². The summed E-state index contributed by atoms with van der Waals surface area (Å²) < 4.78 is 1.47. The van der Waals surface area contributed by atoms with Crippen molar-refractivity contribution in [3.8, 4) is 0 Å². The van der Waals surface area contributed by atoms with Gasteiger partial charge in [0.2, 0.25) is 5.91 Å². The van der Waals surface area contributed by atoms with E-state index in [2.05, 4.69) is 16.9 Å². The van der Waals surface area contributed by atoms with Crippen LogP contribution in [-0.4, -0.2) is 26.7 Å². The normalized spacial score (nSPS) is 12.3. The standard InChI is InChI=1S/C15H18N4O3S2/c1-4-6-19-13(21)9-5-7-23-12(9)18-15(19)24-10(8(2)3)11(20)17-14(16)22/h4-5,7-8,10H,1,6H2,2-3H3,(H3,16,17,20,22)/t10-/m0/s1. The van der Waals surface area contributed by atoms with Crippen LogP contribution in [0.4, 0.5) is 4.79 Å². The number of allylic oxidation sites excluding steroid dienone is 1. The highest BCUT2D eigenvalue weighted by molar-refractivity contribution is 8.00. The van der Waals surface area contributed by atoms with Gasteiger partial charge in [0.15, 0.2) is 5.16 Å². The SMILES string of the molecule is C=CCn1c(S[C@H](C(=O)NC(N)=O)C(C)C)nc2sccc2c1=O. The first-order chi connectivity index (χ1) is 11.3. The molecule has 0 saturated carbocycles. The van der Waals surface area contributed by atoms with Crippen molar-refractivity contribution in [3.05, 3.63) is 34.5 Å². The van der Waals surface area contributed by atoms with E-state index in [1.807, 2.05) is 13.8 Å². The molecule has 0 aliphatic rings. The van der Waals surface area contributed by atoms with Crippen molar-refractivity contribution in [2.75, 3.05) is 0 Å². The first-order valence-corrected chi connectivity index (χ1v) is 8.97. The highest BCUT2D eigenvalue weighted by atomic mass is 32.2. The third-order valence-corrected chi connectivity index (χ3v) is 5.54. The van der Waals surface area contributed by atoms with E-state index in [0.29, 0.717) is 15.4 Å². The highest BCUT2D eigenvalue weighted by Crippen LogP contribution is 2.28. The topological polar surface area (TPSA) is 107 Å². The first-order valence-electron chi connectivity index (χ1n) is 7.21. The number of carbonyl (C=O) groups is 2. The molecule has 0 aliphatic heterocycles. The molecule has 1 atom stereocenters. The van der Waals surface area contributed by atoms with Crippen molar-refractivity contribution in [2.45, 2.75) is 30.8 Å². The summed E-state index contributed by atoms with van der Waals surface area (Å²) in [4.78, 5) is 40.9. The number of thiophene rings is 1. The van der Waals surface area contributed by atoms with Crippen molar-refractivity contribution in [1.29, 1.82) is 0 Å². The molecular weight excluding hydrogens is 348 g/mol. The van der Waals surface area contributed by atoms with Crippen LogP contribution in [0.5, 0.6) is 0 Å². The van der Waals surface area contributed by atoms with Crippen LogP contribution in [-0.2, 0) is 11.3 Å². The lowest BCUT2D eigenvalue weighted by Gasteiger charge is -2.20. The number of hydrogen-bond acceptors (Lipinski definition) is 6. The van der Waals surface area contributed by atoms with E-state index in [1.165, 1.54) is 15.9 Å². The molecule has 2 heterocycles. The molecule has 0 bridgehead atoms. The Hall–Kier alpha value is -2.13. The Morgan fingerprint density at radius 2 is 2.25 bits per heavy atom. The van der Waals surface area contributed by atoms with Gasteiger partial charge in [0, 0.05) is 6.54 Å². The third kappa shape index (κ3) is 3.85. The maximum absolute atomic E-state index is 12.6. The molecule has 7 nitrogen and oxygen atoms in total. The van der Waals surface area contributed by atoms with E-state index in [9.17, 15) is 14.4 Å². The number of imide groups is 1. The molecule has 0 saturated heterocycles. The van der Waals surface area contributed by atoms with Gasteiger partial charge in [0.25, 0.3) is 5.56 Å². The molecule has 24 heavy (non-hydrogen) atoms. The molecule has 0 aromatic carbocycles. The number of amides is 3. The van der Waals surface area contributed by atoms with Gasteiger partial charge < -0.3 is 5.73 Å². The van der Waals surface area contributed by atoms with Crippen molar-refractivity contribution in [1.82, 2.24) is 14.9 Å². The second-order valence-electron chi connectivity index (χ2n) is 5.37.